The van der Waals surface area contributed by atoms with Crippen molar-refractivity contribution in [2.24, 2.45) is 29.4 Å². The number of rotatable bonds is 7. The van der Waals surface area contributed by atoms with Gasteiger partial charge in [0.05, 0.1) is 35.7 Å². The van der Waals surface area contributed by atoms with Crippen LogP contribution in [0.15, 0.2) is 18.7 Å². The first-order valence-corrected chi connectivity index (χ1v) is 13.5. The zero-order chi connectivity index (χ0) is 32.3. The van der Waals surface area contributed by atoms with Gasteiger partial charge in [-0.05, 0) is 45.4 Å². The number of nitrogens with zero attached hydrogens (tertiary/aromatic N) is 2. The van der Waals surface area contributed by atoms with Gasteiger partial charge < -0.3 is 30.9 Å². The predicted molar refractivity (Wildman–Crippen MR) is 149 cm³/mol. The number of ketones is 4. The van der Waals surface area contributed by atoms with E-state index in [1.807, 2.05) is 0 Å². The Hall–Kier alpha value is -4.27. The second-order valence-corrected chi connectivity index (χ2v) is 11.5. The summed E-state index contributed by atoms with van der Waals surface area (Å²) in [7, 11) is 6.12. The molecule has 2 fully saturated rings. The smallest absolute Gasteiger partial charge is 0.305 e. The maximum Gasteiger partial charge on any atom is 0.305 e. The fourth-order valence-electron chi connectivity index (χ4n) is 6.54. The lowest BCUT2D eigenvalue weighted by molar-refractivity contribution is -0.201. The highest BCUT2D eigenvalue weighted by molar-refractivity contribution is 6.33. The quantitative estimate of drug-likeness (QED) is 0.165. The number of hydrogen-bond donors (Lipinski definition) is 4. The van der Waals surface area contributed by atoms with Crippen LogP contribution in [0, 0.1) is 23.7 Å². The summed E-state index contributed by atoms with van der Waals surface area (Å²) in [5, 5.41) is 25.6. The van der Waals surface area contributed by atoms with Crippen LogP contribution in [-0.4, -0.2) is 113 Å². The molecule has 5 N–H and O–H groups in total. The van der Waals surface area contributed by atoms with Gasteiger partial charge in [0.1, 0.15) is 6.10 Å². The van der Waals surface area contributed by atoms with Crippen LogP contribution in [0.25, 0.3) is 5.57 Å². The van der Waals surface area contributed by atoms with Crippen LogP contribution in [0.5, 0.6) is 5.75 Å². The summed E-state index contributed by atoms with van der Waals surface area (Å²) >= 11 is 0. The summed E-state index contributed by atoms with van der Waals surface area (Å²) in [6, 6.07) is 1.22. The van der Waals surface area contributed by atoms with Crippen molar-refractivity contribution in [1.29, 1.82) is 0 Å². The molecule has 3 aliphatic carbocycles. The highest BCUT2D eigenvalue weighted by atomic mass is 16.5. The van der Waals surface area contributed by atoms with Crippen molar-refractivity contribution < 1.29 is 48.5 Å². The van der Waals surface area contributed by atoms with E-state index in [1.54, 1.807) is 19.0 Å². The molecule has 0 heterocycles. The number of amides is 2. The number of phenolic OH excluding ortho intramolecular Hbond substituents is 1. The third-order valence-electron chi connectivity index (χ3n) is 8.35. The van der Waals surface area contributed by atoms with E-state index in [2.05, 4.69) is 11.9 Å². The number of esters is 1. The molecule has 0 radical (unpaired) electrons. The Kier molecular flexibility index (Phi) is 8.17. The van der Waals surface area contributed by atoms with E-state index >= 15 is 0 Å². The van der Waals surface area contributed by atoms with Gasteiger partial charge in [0.2, 0.25) is 11.8 Å². The number of primary amides is 1. The molecule has 0 aromatic heterocycles. The summed E-state index contributed by atoms with van der Waals surface area (Å²) in [6.45, 7) is 5.46. The van der Waals surface area contributed by atoms with Gasteiger partial charge in [-0.2, -0.15) is 0 Å². The number of phenols is 1. The van der Waals surface area contributed by atoms with E-state index in [-0.39, 0.29) is 29.8 Å². The average molecular weight is 599 g/mol. The molecule has 1 aromatic carbocycles. The number of likely N-dealkylation sites (N-methyl/N-ethyl adjacent to an activating group) is 2. The Morgan fingerprint density at radius 3 is 2.26 bits per heavy atom. The second kappa shape index (κ2) is 11.1. The first-order chi connectivity index (χ1) is 20.0. The van der Waals surface area contributed by atoms with E-state index in [0.29, 0.717) is 0 Å². The van der Waals surface area contributed by atoms with Gasteiger partial charge in [-0.3, -0.25) is 38.5 Å². The van der Waals surface area contributed by atoms with Crippen LogP contribution in [0.1, 0.15) is 29.3 Å². The van der Waals surface area contributed by atoms with Gasteiger partial charge in [-0.15, -0.1) is 0 Å². The van der Waals surface area contributed by atoms with E-state index < -0.39 is 93.6 Å². The number of anilines is 1. The van der Waals surface area contributed by atoms with Crippen molar-refractivity contribution in [1.82, 2.24) is 9.80 Å². The minimum absolute atomic E-state index is 0.0475. The minimum Gasteiger partial charge on any atom is -0.505 e. The predicted octanol–water partition coefficient (Wildman–Crippen LogP) is -1.23. The van der Waals surface area contributed by atoms with Crippen molar-refractivity contribution in [3.8, 4) is 5.75 Å². The standard InChI is InChI=1S/C29H34N4O10/c1-7-15(35)43-25-16-11(2)12-8-9-13(31-14(34)10-32(3)4)22(36)17(12)23(37)18(16)26(39)29(42)20(25)21(33(5)6)24(38)19(27(29)40)28(30)41/h8-9,16,18-21,25,36,42H,2,7,10H2,1,3-6H3,(H2,30,41)(H,31,34)/t16-,18?,19?,20-,21+,25+,29+/m1/s1. The van der Waals surface area contributed by atoms with E-state index in [0.717, 1.165) is 0 Å². The summed E-state index contributed by atoms with van der Waals surface area (Å²) in [5.41, 5.74) is 1.81. The first-order valence-electron chi connectivity index (χ1n) is 13.5. The maximum absolute atomic E-state index is 14.2. The van der Waals surface area contributed by atoms with Crippen molar-refractivity contribution in [3.05, 3.63) is 29.8 Å². The molecular weight excluding hydrogens is 564 g/mol. The Bertz CT molecular complexity index is 1480. The van der Waals surface area contributed by atoms with Crippen molar-refractivity contribution >= 4 is 52.2 Å². The lowest BCUT2D eigenvalue weighted by Gasteiger charge is -2.55. The summed E-state index contributed by atoms with van der Waals surface area (Å²) in [6.07, 6.45) is -1.78. The molecule has 0 saturated heterocycles. The molecule has 1 aromatic rings. The second-order valence-electron chi connectivity index (χ2n) is 11.5. The van der Waals surface area contributed by atoms with Crippen molar-refractivity contribution in [2.45, 2.75) is 31.1 Å². The topological polar surface area (TPSA) is 214 Å². The number of nitrogens with one attached hydrogen (secondary N) is 1. The average Bonchev–Trinajstić information content (AvgIpc) is 2.90. The number of nitrogens with two attached hydrogens (primary N) is 1. The summed E-state index contributed by atoms with van der Waals surface area (Å²) < 4.78 is 5.71. The molecule has 0 spiro atoms. The van der Waals surface area contributed by atoms with Crippen molar-refractivity contribution in [3.63, 3.8) is 0 Å². The maximum atomic E-state index is 14.2. The first kappa shape index (κ1) is 31.7. The molecule has 2 saturated carbocycles. The van der Waals surface area contributed by atoms with Gasteiger partial charge in [-0.25, -0.2) is 0 Å². The number of aromatic hydroxyl groups is 1. The van der Waals surface area contributed by atoms with Gasteiger partial charge in [0.25, 0.3) is 0 Å². The highest BCUT2D eigenvalue weighted by Gasteiger charge is 2.73. The van der Waals surface area contributed by atoms with Crippen LogP contribution in [0.4, 0.5) is 5.69 Å². The third kappa shape index (κ3) is 4.75. The molecule has 2 amide bonds. The molecule has 0 bridgehead atoms. The highest BCUT2D eigenvalue weighted by Crippen LogP contribution is 2.55. The molecule has 43 heavy (non-hydrogen) atoms. The minimum atomic E-state index is -3.15. The number of Topliss-reactive ketones (excluding diaryl/α,β-unsaturated/α-hetero) is 4. The lowest BCUT2D eigenvalue weighted by atomic mass is 9.50. The largest absolute Gasteiger partial charge is 0.505 e. The fourth-order valence-corrected chi connectivity index (χ4v) is 6.54. The van der Waals surface area contributed by atoms with Gasteiger partial charge in [0, 0.05) is 12.3 Å². The van der Waals surface area contributed by atoms with Gasteiger partial charge in [0.15, 0.2) is 40.4 Å². The van der Waals surface area contributed by atoms with Crippen LogP contribution in [0.2, 0.25) is 0 Å². The van der Waals surface area contributed by atoms with Crippen LogP contribution in [0.3, 0.4) is 0 Å². The molecule has 7 atom stereocenters. The Labute approximate surface area is 246 Å². The number of carbonyl (C=O) groups is 7. The number of carbonyl (C=O) groups excluding carboxylic acids is 7. The van der Waals surface area contributed by atoms with E-state index in [1.165, 1.54) is 38.1 Å². The molecule has 3 aliphatic rings. The number of hydrogen-bond acceptors (Lipinski definition) is 12. The zero-order valence-corrected chi connectivity index (χ0v) is 24.4. The van der Waals surface area contributed by atoms with E-state index in [4.69, 9.17) is 10.5 Å². The van der Waals surface area contributed by atoms with Crippen molar-refractivity contribution in [2.75, 3.05) is 40.1 Å². The normalized spacial score (nSPS) is 30.1. The fraction of sp³-hybridized carbons (Fsp3) is 0.483. The zero-order valence-electron chi connectivity index (χ0n) is 24.4. The number of aliphatic hydroxyl groups is 1. The van der Waals surface area contributed by atoms with Gasteiger partial charge >= 0.3 is 5.97 Å². The molecule has 0 aliphatic heterocycles. The van der Waals surface area contributed by atoms with Gasteiger partial charge in [-0.1, -0.05) is 19.6 Å². The Morgan fingerprint density at radius 2 is 1.72 bits per heavy atom. The Morgan fingerprint density at radius 1 is 1.09 bits per heavy atom. The number of ether oxygens (including phenoxy) is 1. The lowest BCUT2D eigenvalue weighted by Crippen LogP contribution is -2.77. The molecule has 14 nitrogen and oxygen atoms in total. The monoisotopic (exact) mass is 598 g/mol. The summed E-state index contributed by atoms with van der Waals surface area (Å²) in [4.78, 5) is 95.6. The van der Waals surface area contributed by atoms with Crippen LogP contribution in [-0.2, 0) is 33.5 Å². The van der Waals surface area contributed by atoms with E-state index in [9.17, 15) is 43.8 Å². The molecular formula is C29H34N4O10. The molecule has 4 rings (SSSR count). The Balaban J connectivity index is 1.96. The summed E-state index contributed by atoms with van der Waals surface area (Å²) in [5.74, 6) is -15.5. The SMILES string of the molecule is C=C1c2ccc(NC(=O)CN(C)C)c(O)c2C(=O)C2C(=O)[C@]3(O)C(=O)C(C(N)=O)C(=O)[C@@H](N(C)C)[C@@H]3[C@@H](OC(=O)CC)[C@H]12. The third-order valence-corrected chi connectivity index (χ3v) is 8.35. The number of fused-ring (bicyclic) bond motifs is 3. The molecule has 230 valence electrons. The van der Waals surface area contributed by atoms with Crippen LogP contribution >= 0.6 is 0 Å². The number of benzene rings is 1. The van der Waals surface area contributed by atoms with Crippen LogP contribution < -0.4 is 11.1 Å². The molecule has 14 heteroatoms. The molecule has 2 unspecified atom stereocenters.